The van der Waals surface area contributed by atoms with Crippen LogP contribution in [0.4, 0.5) is 0 Å². The second-order valence-electron chi connectivity index (χ2n) is 5.40. The molecule has 0 spiro atoms. The Kier molecular flexibility index (Phi) is 4.31. The number of rotatable bonds is 4. The molecule has 8 nitrogen and oxygen atoms in total. The first-order valence-corrected chi connectivity index (χ1v) is 10.0. The third kappa shape index (κ3) is 2.86. The fraction of sp³-hybridized carbons (Fsp3) is 0.125. The minimum absolute atomic E-state index is 0.0986. The zero-order chi connectivity index (χ0) is 19.3. The lowest BCUT2D eigenvalue weighted by atomic mass is 10.0. The van der Waals surface area contributed by atoms with Crippen LogP contribution in [0.15, 0.2) is 46.2 Å². The zero-order valence-electron chi connectivity index (χ0n) is 13.6. The first-order chi connectivity index (χ1) is 12.1. The molecule has 0 saturated heterocycles. The van der Waals surface area contributed by atoms with Gasteiger partial charge in [-0.3, -0.25) is 9.11 Å². The Morgan fingerprint density at radius 3 is 1.96 bits per heavy atom. The Labute approximate surface area is 149 Å². The van der Waals surface area contributed by atoms with Crippen LogP contribution in [0.1, 0.15) is 0 Å². The highest BCUT2D eigenvalue weighted by Crippen LogP contribution is 2.45. The number of methoxy groups -OCH3 is 2. The molecular weight excluding hydrogens is 384 g/mol. The molecule has 0 aliphatic rings. The monoisotopic (exact) mass is 398 g/mol. The maximum absolute atomic E-state index is 11.8. The van der Waals surface area contributed by atoms with Crippen molar-refractivity contribution in [2.45, 2.75) is 9.79 Å². The van der Waals surface area contributed by atoms with E-state index < -0.39 is 20.2 Å². The lowest BCUT2D eigenvalue weighted by Gasteiger charge is -2.17. The summed E-state index contributed by atoms with van der Waals surface area (Å²) in [6, 6.07) is 7.89. The van der Waals surface area contributed by atoms with E-state index in [2.05, 4.69) is 0 Å². The normalized spacial score (nSPS) is 12.5. The van der Waals surface area contributed by atoms with Crippen LogP contribution in [0.5, 0.6) is 11.5 Å². The number of hydrogen-bond acceptors (Lipinski definition) is 6. The van der Waals surface area contributed by atoms with E-state index in [1.54, 1.807) is 6.07 Å². The Hall–Kier alpha value is -2.40. The summed E-state index contributed by atoms with van der Waals surface area (Å²) in [7, 11) is -6.36. The van der Waals surface area contributed by atoms with Gasteiger partial charge in [-0.2, -0.15) is 16.8 Å². The Morgan fingerprint density at radius 1 is 0.769 bits per heavy atom. The molecule has 2 N–H and O–H groups in total. The summed E-state index contributed by atoms with van der Waals surface area (Å²) in [5, 5.41) is 1.03. The van der Waals surface area contributed by atoms with Crippen molar-refractivity contribution in [3.05, 3.63) is 36.4 Å². The van der Waals surface area contributed by atoms with Gasteiger partial charge in [0, 0.05) is 21.5 Å². The van der Waals surface area contributed by atoms with Crippen LogP contribution in [0.2, 0.25) is 0 Å². The molecule has 0 aliphatic heterocycles. The molecule has 0 aromatic heterocycles. The standard InChI is InChI=1S/C16H14O8S2/c1-23-15-11-4-3-5-13(26(20,21)22)14(11)16(24-2)10-7-6-9(8-12(10)15)25(17,18)19/h3-8H,1-2H3,(H,17,18,19)(H,20,21,22). The minimum Gasteiger partial charge on any atom is -0.495 e. The Morgan fingerprint density at radius 2 is 1.42 bits per heavy atom. The smallest absolute Gasteiger partial charge is 0.295 e. The van der Waals surface area contributed by atoms with E-state index in [1.807, 2.05) is 0 Å². The van der Waals surface area contributed by atoms with Gasteiger partial charge < -0.3 is 9.47 Å². The van der Waals surface area contributed by atoms with Crippen molar-refractivity contribution in [1.29, 1.82) is 0 Å². The van der Waals surface area contributed by atoms with Gasteiger partial charge in [-0.1, -0.05) is 12.1 Å². The maximum atomic E-state index is 11.8. The highest BCUT2D eigenvalue weighted by Gasteiger charge is 2.24. The van der Waals surface area contributed by atoms with E-state index in [-0.39, 0.29) is 26.7 Å². The fourth-order valence-corrected chi connectivity index (χ4v) is 4.17. The number of ether oxygens (including phenoxy) is 2. The highest BCUT2D eigenvalue weighted by atomic mass is 32.2. The second-order valence-corrected chi connectivity index (χ2v) is 8.21. The predicted octanol–water partition coefficient (Wildman–Crippen LogP) is 2.50. The number of hydrogen-bond donors (Lipinski definition) is 2. The Balaban J connectivity index is 2.65. The SMILES string of the molecule is COc1c2cc(S(=O)(=O)O)ccc2c(OC)c2c(S(=O)(=O)O)cccc12. The Bertz CT molecular complexity index is 1240. The molecule has 3 aromatic rings. The van der Waals surface area contributed by atoms with Gasteiger partial charge in [-0.25, -0.2) is 0 Å². The van der Waals surface area contributed by atoms with Gasteiger partial charge in [-0.15, -0.1) is 0 Å². The lowest BCUT2D eigenvalue weighted by molar-refractivity contribution is 0.416. The summed E-state index contributed by atoms with van der Waals surface area (Å²) in [6.45, 7) is 0. The van der Waals surface area contributed by atoms with E-state index in [4.69, 9.17) is 9.47 Å². The zero-order valence-corrected chi connectivity index (χ0v) is 15.3. The van der Waals surface area contributed by atoms with Gasteiger partial charge in [0.05, 0.1) is 19.1 Å². The van der Waals surface area contributed by atoms with E-state index in [1.165, 1.54) is 38.5 Å². The largest absolute Gasteiger partial charge is 0.495 e. The van der Waals surface area contributed by atoms with E-state index in [9.17, 15) is 25.9 Å². The molecule has 0 radical (unpaired) electrons. The van der Waals surface area contributed by atoms with Crippen molar-refractivity contribution < 1.29 is 35.4 Å². The van der Waals surface area contributed by atoms with Crippen LogP contribution in [-0.2, 0) is 20.2 Å². The molecule has 0 bridgehead atoms. The van der Waals surface area contributed by atoms with Gasteiger partial charge in [0.15, 0.2) is 0 Å². The second kappa shape index (κ2) is 6.09. The third-order valence-corrected chi connectivity index (χ3v) is 5.71. The van der Waals surface area contributed by atoms with Crippen LogP contribution in [-0.4, -0.2) is 40.2 Å². The van der Waals surface area contributed by atoms with Crippen molar-refractivity contribution in [3.63, 3.8) is 0 Å². The summed E-state index contributed by atoms with van der Waals surface area (Å²) in [4.78, 5) is -0.721. The minimum atomic E-state index is -4.56. The summed E-state index contributed by atoms with van der Waals surface area (Å²) >= 11 is 0. The first kappa shape index (κ1) is 18.4. The van der Waals surface area contributed by atoms with Crippen LogP contribution in [0, 0.1) is 0 Å². The number of benzene rings is 3. The van der Waals surface area contributed by atoms with Gasteiger partial charge >= 0.3 is 0 Å². The molecule has 0 fully saturated rings. The third-order valence-electron chi connectivity index (χ3n) is 3.96. The molecular formula is C16H14O8S2. The van der Waals surface area contributed by atoms with E-state index >= 15 is 0 Å². The molecule has 0 unspecified atom stereocenters. The molecule has 0 saturated carbocycles. The summed E-state index contributed by atoms with van der Waals surface area (Å²) in [6.07, 6.45) is 0. The van der Waals surface area contributed by atoms with Crippen molar-refractivity contribution >= 4 is 41.8 Å². The quantitative estimate of drug-likeness (QED) is 0.507. The lowest BCUT2D eigenvalue weighted by Crippen LogP contribution is -2.03. The highest BCUT2D eigenvalue weighted by molar-refractivity contribution is 7.86. The van der Waals surface area contributed by atoms with Crippen molar-refractivity contribution in [3.8, 4) is 11.5 Å². The van der Waals surface area contributed by atoms with Gasteiger partial charge in [0.2, 0.25) is 0 Å². The summed E-state index contributed by atoms with van der Waals surface area (Å²) in [5.41, 5.74) is 0. The van der Waals surface area contributed by atoms with E-state index in [0.717, 1.165) is 6.07 Å². The molecule has 10 heteroatoms. The summed E-state index contributed by atoms with van der Waals surface area (Å²) < 4.78 is 76.0. The predicted molar refractivity (Wildman–Crippen MR) is 94.2 cm³/mol. The van der Waals surface area contributed by atoms with Crippen molar-refractivity contribution in [2.24, 2.45) is 0 Å². The van der Waals surface area contributed by atoms with Crippen LogP contribution >= 0.6 is 0 Å². The number of fused-ring (bicyclic) bond motifs is 2. The van der Waals surface area contributed by atoms with Crippen LogP contribution < -0.4 is 9.47 Å². The molecule has 26 heavy (non-hydrogen) atoms. The van der Waals surface area contributed by atoms with Gasteiger partial charge in [0.1, 0.15) is 16.4 Å². The first-order valence-electron chi connectivity index (χ1n) is 7.15. The summed E-state index contributed by atoms with van der Waals surface area (Å²) in [5.74, 6) is 0.290. The molecule has 0 aliphatic carbocycles. The fourth-order valence-electron chi connectivity index (χ4n) is 2.95. The van der Waals surface area contributed by atoms with Crippen molar-refractivity contribution in [2.75, 3.05) is 14.2 Å². The average molecular weight is 398 g/mol. The van der Waals surface area contributed by atoms with Gasteiger partial charge in [-0.05, 0) is 24.3 Å². The molecule has 0 heterocycles. The van der Waals surface area contributed by atoms with E-state index in [0.29, 0.717) is 16.2 Å². The average Bonchev–Trinajstić information content (AvgIpc) is 2.56. The van der Waals surface area contributed by atoms with Gasteiger partial charge in [0.25, 0.3) is 20.2 Å². The maximum Gasteiger partial charge on any atom is 0.295 e. The molecule has 3 rings (SSSR count). The van der Waals surface area contributed by atoms with Crippen LogP contribution in [0.25, 0.3) is 21.5 Å². The molecule has 0 atom stereocenters. The molecule has 138 valence electrons. The van der Waals surface area contributed by atoms with Crippen molar-refractivity contribution in [1.82, 2.24) is 0 Å². The molecule has 0 amide bonds. The topological polar surface area (TPSA) is 127 Å². The molecule has 3 aromatic carbocycles. The van der Waals surface area contributed by atoms with Crippen LogP contribution in [0.3, 0.4) is 0 Å².